The summed E-state index contributed by atoms with van der Waals surface area (Å²) in [6.45, 7) is 4.21. The summed E-state index contributed by atoms with van der Waals surface area (Å²) >= 11 is 5.96. The van der Waals surface area contributed by atoms with Crippen molar-refractivity contribution in [3.63, 3.8) is 0 Å². The molecule has 0 aliphatic carbocycles. The van der Waals surface area contributed by atoms with E-state index in [-0.39, 0.29) is 5.78 Å². The quantitative estimate of drug-likeness (QED) is 0.589. The third kappa shape index (κ3) is 4.23. The van der Waals surface area contributed by atoms with Crippen molar-refractivity contribution >= 4 is 17.4 Å². The van der Waals surface area contributed by atoms with Gasteiger partial charge < -0.3 is 9.47 Å². The summed E-state index contributed by atoms with van der Waals surface area (Å²) in [7, 11) is 0. The number of ether oxygens (including phenoxy) is 2. The van der Waals surface area contributed by atoms with Gasteiger partial charge in [0.1, 0.15) is 24.7 Å². The number of rotatable bonds is 6. The Balaban J connectivity index is 1.87. The first-order chi connectivity index (χ1) is 10.1. The predicted molar refractivity (Wildman–Crippen MR) is 83.6 cm³/mol. The second kappa shape index (κ2) is 7.14. The maximum absolute atomic E-state index is 11.5. The van der Waals surface area contributed by atoms with Gasteiger partial charge in [0.15, 0.2) is 5.78 Å². The fraction of sp³-hybridized carbons (Fsp3) is 0.235. The van der Waals surface area contributed by atoms with Gasteiger partial charge in [0, 0.05) is 5.02 Å². The van der Waals surface area contributed by atoms with Crippen molar-refractivity contribution in [1.29, 1.82) is 0 Å². The molecule has 0 saturated carbocycles. The summed E-state index contributed by atoms with van der Waals surface area (Å²) in [6.07, 6.45) is 0. The molecule has 0 unspecified atom stereocenters. The zero-order valence-corrected chi connectivity index (χ0v) is 12.8. The number of halogens is 1. The van der Waals surface area contributed by atoms with E-state index in [1.165, 1.54) is 6.92 Å². The third-order valence-electron chi connectivity index (χ3n) is 3.01. The highest BCUT2D eigenvalue weighted by Crippen LogP contribution is 2.21. The van der Waals surface area contributed by atoms with E-state index < -0.39 is 0 Å². The van der Waals surface area contributed by atoms with Crippen LogP contribution in [0.5, 0.6) is 11.5 Å². The minimum atomic E-state index is -0.0140. The van der Waals surface area contributed by atoms with Crippen LogP contribution >= 0.6 is 11.6 Å². The zero-order chi connectivity index (χ0) is 15.2. The Labute approximate surface area is 129 Å². The second-order valence-corrected chi connectivity index (χ2v) is 5.07. The first-order valence-corrected chi connectivity index (χ1v) is 7.07. The van der Waals surface area contributed by atoms with Gasteiger partial charge in [-0.2, -0.15) is 0 Å². The van der Waals surface area contributed by atoms with E-state index in [9.17, 15) is 4.79 Å². The maximum Gasteiger partial charge on any atom is 0.163 e. The smallest absolute Gasteiger partial charge is 0.163 e. The van der Waals surface area contributed by atoms with Crippen molar-refractivity contribution in [2.75, 3.05) is 13.2 Å². The third-order valence-corrected chi connectivity index (χ3v) is 3.43. The fourth-order valence-corrected chi connectivity index (χ4v) is 2.02. The lowest BCUT2D eigenvalue weighted by Gasteiger charge is -2.11. The van der Waals surface area contributed by atoms with Gasteiger partial charge in [0.2, 0.25) is 0 Å². The van der Waals surface area contributed by atoms with Gasteiger partial charge in [-0.15, -0.1) is 0 Å². The molecular formula is C17H17ClO3. The molecule has 3 nitrogen and oxygen atoms in total. The van der Waals surface area contributed by atoms with Gasteiger partial charge in [-0.3, -0.25) is 4.79 Å². The SMILES string of the molecule is CC(=O)c1ccccc1OCCOc1ccc(Cl)c(C)c1. The molecule has 0 heterocycles. The van der Waals surface area contributed by atoms with Crippen molar-refractivity contribution in [2.45, 2.75) is 13.8 Å². The molecule has 0 atom stereocenters. The van der Waals surface area contributed by atoms with Crippen LogP contribution in [-0.4, -0.2) is 19.0 Å². The number of para-hydroxylation sites is 1. The molecule has 0 amide bonds. The van der Waals surface area contributed by atoms with E-state index in [0.29, 0.717) is 29.5 Å². The summed E-state index contributed by atoms with van der Waals surface area (Å²) in [4.78, 5) is 11.5. The van der Waals surface area contributed by atoms with Gasteiger partial charge in [0.25, 0.3) is 0 Å². The molecule has 0 N–H and O–H groups in total. The summed E-state index contributed by atoms with van der Waals surface area (Å²) in [5.41, 5.74) is 1.55. The molecule has 0 aliphatic heterocycles. The Hall–Kier alpha value is -2.00. The van der Waals surface area contributed by atoms with Crippen LogP contribution in [0.2, 0.25) is 5.02 Å². The fourth-order valence-electron chi connectivity index (χ4n) is 1.90. The minimum absolute atomic E-state index is 0.0140. The summed E-state index contributed by atoms with van der Waals surface area (Å²) in [5, 5.41) is 0.717. The van der Waals surface area contributed by atoms with Crippen molar-refractivity contribution < 1.29 is 14.3 Å². The summed E-state index contributed by atoms with van der Waals surface area (Å²) < 4.78 is 11.2. The lowest BCUT2D eigenvalue weighted by atomic mass is 10.1. The van der Waals surface area contributed by atoms with Crippen molar-refractivity contribution in [2.24, 2.45) is 0 Å². The molecule has 2 aromatic carbocycles. The molecular weight excluding hydrogens is 288 g/mol. The van der Waals surface area contributed by atoms with E-state index in [0.717, 1.165) is 11.3 Å². The van der Waals surface area contributed by atoms with Gasteiger partial charge in [-0.25, -0.2) is 0 Å². The molecule has 0 aliphatic rings. The molecule has 0 bridgehead atoms. The number of aryl methyl sites for hydroxylation is 1. The Morgan fingerprint density at radius 2 is 1.81 bits per heavy atom. The van der Waals surface area contributed by atoms with E-state index in [2.05, 4.69) is 0 Å². The number of carbonyl (C=O) groups is 1. The van der Waals surface area contributed by atoms with Crippen LogP contribution in [0.3, 0.4) is 0 Å². The molecule has 0 radical (unpaired) electrons. The van der Waals surface area contributed by atoms with Crippen molar-refractivity contribution in [1.82, 2.24) is 0 Å². The Bertz CT molecular complexity index is 638. The number of hydrogen-bond acceptors (Lipinski definition) is 3. The van der Waals surface area contributed by atoms with Gasteiger partial charge in [0.05, 0.1) is 5.56 Å². The lowest BCUT2D eigenvalue weighted by Crippen LogP contribution is -2.10. The van der Waals surface area contributed by atoms with Crippen molar-refractivity contribution in [3.8, 4) is 11.5 Å². The molecule has 2 aromatic rings. The number of hydrogen-bond donors (Lipinski definition) is 0. The van der Waals surface area contributed by atoms with Crippen LogP contribution in [0.4, 0.5) is 0 Å². The average Bonchev–Trinajstić information content (AvgIpc) is 2.47. The van der Waals surface area contributed by atoms with Crippen LogP contribution in [0, 0.1) is 6.92 Å². The lowest BCUT2D eigenvalue weighted by molar-refractivity contribution is 0.101. The van der Waals surface area contributed by atoms with Gasteiger partial charge in [-0.1, -0.05) is 23.7 Å². The first kappa shape index (κ1) is 15.4. The number of benzene rings is 2. The predicted octanol–water partition coefficient (Wildman–Crippen LogP) is 4.31. The van der Waals surface area contributed by atoms with Gasteiger partial charge >= 0.3 is 0 Å². The molecule has 21 heavy (non-hydrogen) atoms. The molecule has 0 spiro atoms. The van der Waals surface area contributed by atoms with E-state index in [1.807, 2.05) is 31.2 Å². The van der Waals surface area contributed by atoms with Crippen LogP contribution in [0.25, 0.3) is 0 Å². The second-order valence-electron chi connectivity index (χ2n) is 4.66. The van der Waals surface area contributed by atoms with Gasteiger partial charge in [-0.05, 0) is 49.7 Å². The summed E-state index contributed by atoms with van der Waals surface area (Å²) in [5.74, 6) is 1.32. The molecule has 0 aromatic heterocycles. The standard InChI is InChI=1S/C17H17ClO3/c1-12-11-14(7-8-16(12)18)20-9-10-21-17-6-4-3-5-15(17)13(2)19/h3-8,11H,9-10H2,1-2H3. The van der Waals surface area contributed by atoms with E-state index >= 15 is 0 Å². The highest BCUT2D eigenvalue weighted by molar-refractivity contribution is 6.31. The van der Waals surface area contributed by atoms with E-state index in [4.69, 9.17) is 21.1 Å². The topological polar surface area (TPSA) is 35.5 Å². The normalized spacial score (nSPS) is 10.2. The zero-order valence-electron chi connectivity index (χ0n) is 12.1. The van der Waals surface area contributed by atoms with Crippen LogP contribution < -0.4 is 9.47 Å². The van der Waals surface area contributed by atoms with Crippen molar-refractivity contribution in [3.05, 3.63) is 58.6 Å². The number of Topliss-reactive ketones (excluding diaryl/α,β-unsaturated/α-hetero) is 1. The molecule has 4 heteroatoms. The van der Waals surface area contributed by atoms with Crippen LogP contribution in [0.15, 0.2) is 42.5 Å². The highest BCUT2D eigenvalue weighted by atomic mass is 35.5. The number of carbonyl (C=O) groups excluding carboxylic acids is 1. The largest absolute Gasteiger partial charge is 0.490 e. The van der Waals surface area contributed by atoms with Crippen LogP contribution in [0.1, 0.15) is 22.8 Å². The molecule has 2 rings (SSSR count). The summed E-state index contributed by atoms with van der Waals surface area (Å²) in [6, 6.07) is 12.7. The average molecular weight is 305 g/mol. The van der Waals surface area contributed by atoms with Crippen LogP contribution in [-0.2, 0) is 0 Å². The Morgan fingerprint density at radius 1 is 1.10 bits per heavy atom. The number of ketones is 1. The van der Waals surface area contributed by atoms with E-state index in [1.54, 1.807) is 18.2 Å². The molecule has 0 saturated heterocycles. The Morgan fingerprint density at radius 3 is 2.52 bits per heavy atom. The monoisotopic (exact) mass is 304 g/mol. The molecule has 110 valence electrons. The molecule has 0 fully saturated rings. The minimum Gasteiger partial charge on any atom is -0.490 e. The maximum atomic E-state index is 11.5. The first-order valence-electron chi connectivity index (χ1n) is 6.69. The Kier molecular flexibility index (Phi) is 5.23. The highest BCUT2D eigenvalue weighted by Gasteiger charge is 2.07.